The SMILES string of the molecule is C=C1CN(c2ccccc2)CCCN(Cc2ccccc2)CCCN(S(=C)(=C)c2ccccc2)C1. The van der Waals surface area contributed by atoms with E-state index < -0.39 is 9.39 Å². The third-order valence-corrected chi connectivity index (χ3v) is 9.10. The zero-order valence-corrected chi connectivity index (χ0v) is 21.7. The first-order valence-electron chi connectivity index (χ1n) is 12.5. The fourth-order valence-electron chi connectivity index (χ4n) is 4.78. The van der Waals surface area contributed by atoms with Crippen LogP contribution in [0.2, 0.25) is 0 Å². The highest BCUT2D eigenvalue weighted by Gasteiger charge is 2.18. The maximum atomic E-state index is 4.66. The van der Waals surface area contributed by atoms with E-state index in [2.05, 4.69) is 123 Å². The number of benzene rings is 3. The molecule has 1 saturated heterocycles. The molecule has 184 valence electrons. The van der Waals surface area contributed by atoms with Gasteiger partial charge in [-0.1, -0.05) is 85.0 Å². The quantitative estimate of drug-likeness (QED) is 0.311. The van der Waals surface area contributed by atoms with E-state index in [4.69, 9.17) is 0 Å². The lowest BCUT2D eigenvalue weighted by Crippen LogP contribution is -2.36. The van der Waals surface area contributed by atoms with Gasteiger partial charge in [-0.25, -0.2) is 0 Å². The molecule has 0 aliphatic carbocycles. The minimum atomic E-state index is -1.61. The summed E-state index contributed by atoms with van der Waals surface area (Å²) in [5, 5.41) is 0. The van der Waals surface area contributed by atoms with Crippen molar-refractivity contribution in [2.75, 3.05) is 44.2 Å². The van der Waals surface area contributed by atoms with Crippen LogP contribution in [-0.4, -0.2) is 60.2 Å². The molecule has 1 fully saturated rings. The van der Waals surface area contributed by atoms with Crippen molar-refractivity contribution in [2.45, 2.75) is 24.3 Å². The van der Waals surface area contributed by atoms with Gasteiger partial charge in [0.1, 0.15) is 0 Å². The predicted molar refractivity (Wildman–Crippen MR) is 157 cm³/mol. The Morgan fingerprint density at radius 1 is 0.657 bits per heavy atom. The van der Waals surface area contributed by atoms with E-state index in [9.17, 15) is 0 Å². The average Bonchev–Trinajstić information content (AvgIpc) is 2.88. The molecule has 3 nitrogen and oxygen atoms in total. The minimum Gasteiger partial charge on any atom is -0.367 e. The van der Waals surface area contributed by atoms with E-state index in [1.165, 1.54) is 21.7 Å². The van der Waals surface area contributed by atoms with Gasteiger partial charge in [-0.05, 0) is 54.8 Å². The van der Waals surface area contributed by atoms with E-state index >= 15 is 0 Å². The van der Waals surface area contributed by atoms with E-state index in [0.29, 0.717) is 0 Å². The first-order valence-corrected chi connectivity index (χ1v) is 14.5. The number of para-hydroxylation sites is 1. The van der Waals surface area contributed by atoms with Gasteiger partial charge in [0.15, 0.2) is 0 Å². The highest BCUT2D eigenvalue weighted by molar-refractivity contribution is 8.25. The van der Waals surface area contributed by atoms with Gasteiger partial charge >= 0.3 is 0 Å². The molecule has 0 aromatic heterocycles. The van der Waals surface area contributed by atoms with Gasteiger partial charge in [0.25, 0.3) is 0 Å². The van der Waals surface area contributed by atoms with Gasteiger partial charge in [-0.15, -0.1) is 9.39 Å². The Morgan fingerprint density at radius 2 is 1.23 bits per heavy atom. The molecule has 0 atom stereocenters. The number of anilines is 1. The van der Waals surface area contributed by atoms with Crippen LogP contribution in [-0.2, 0) is 6.54 Å². The topological polar surface area (TPSA) is 9.72 Å². The van der Waals surface area contributed by atoms with Gasteiger partial charge in [0, 0.05) is 49.9 Å². The molecule has 0 unspecified atom stereocenters. The van der Waals surface area contributed by atoms with Crippen LogP contribution >= 0.6 is 9.39 Å². The van der Waals surface area contributed by atoms with Crippen LogP contribution in [0.3, 0.4) is 0 Å². The van der Waals surface area contributed by atoms with Crippen molar-refractivity contribution < 1.29 is 0 Å². The van der Waals surface area contributed by atoms with Crippen LogP contribution < -0.4 is 4.90 Å². The van der Waals surface area contributed by atoms with Crippen LogP contribution in [0.5, 0.6) is 0 Å². The van der Waals surface area contributed by atoms with Gasteiger partial charge in [-0.2, -0.15) is 0 Å². The normalized spacial score (nSPS) is 17.5. The zero-order chi connectivity index (χ0) is 24.5. The maximum Gasteiger partial charge on any atom is 0.0399 e. The summed E-state index contributed by atoms with van der Waals surface area (Å²) in [5.41, 5.74) is 3.86. The molecule has 0 bridgehead atoms. The summed E-state index contributed by atoms with van der Waals surface area (Å²) in [6, 6.07) is 32.2. The highest BCUT2D eigenvalue weighted by atomic mass is 32.2. The molecule has 3 aromatic carbocycles. The Morgan fingerprint density at radius 3 is 1.89 bits per heavy atom. The second-order valence-electron chi connectivity index (χ2n) is 9.49. The highest BCUT2D eigenvalue weighted by Crippen LogP contribution is 2.36. The first-order chi connectivity index (χ1) is 17.0. The molecule has 0 spiro atoms. The summed E-state index contributed by atoms with van der Waals surface area (Å²) in [5.74, 6) is 9.32. The van der Waals surface area contributed by atoms with Crippen LogP contribution in [0, 0.1) is 0 Å². The number of rotatable bonds is 5. The summed E-state index contributed by atoms with van der Waals surface area (Å²) in [6.45, 7) is 11.3. The molecule has 1 aliphatic heterocycles. The molecule has 0 amide bonds. The first kappa shape index (κ1) is 25.3. The zero-order valence-electron chi connectivity index (χ0n) is 20.9. The summed E-state index contributed by atoms with van der Waals surface area (Å²) >= 11 is 0. The van der Waals surface area contributed by atoms with Crippen molar-refractivity contribution in [2.24, 2.45) is 0 Å². The third kappa shape index (κ3) is 7.11. The summed E-state index contributed by atoms with van der Waals surface area (Å²) < 4.78 is 2.50. The molecule has 35 heavy (non-hydrogen) atoms. The standard InChI is InChI=1S/C31H39N3S/c1-28-25-33(30-17-9-5-10-18-30)23-13-21-32(27-29-15-7-4-8-16-29)22-14-24-34(26-28)35(2,3)31-19-11-6-12-20-31/h4-12,15-20H,1-3,13-14,21-27H2. The van der Waals surface area contributed by atoms with E-state index in [-0.39, 0.29) is 0 Å². The Kier molecular flexibility index (Phi) is 8.86. The van der Waals surface area contributed by atoms with Gasteiger partial charge in [0.2, 0.25) is 0 Å². The fraction of sp³-hybridized carbons (Fsp3) is 0.290. The van der Waals surface area contributed by atoms with Crippen molar-refractivity contribution in [3.63, 3.8) is 0 Å². The van der Waals surface area contributed by atoms with Crippen LogP contribution in [0.25, 0.3) is 0 Å². The largest absolute Gasteiger partial charge is 0.367 e. The molecule has 3 aromatic rings. The monoisotopic (exact) mass is 485 g/mol. The molecule has 4 heteroatoms. The average molecular weight is 486 g/mol. The van der Waals surface area contributed by atoms with Gasteiger partial charge in [-0.3, -0.25) is 9.21 Å². The van der Waals surface area contributed by atoms with E-state index in [1.807, 2.05) is 0 Å². The Balaban J connectivity index is 1.58. The molecule has 0 N–H and O–H groups in total. The van der Waals surface area contributed by atoms with Crippen molar-refractivity contribution in [1.82, 2.24) is 9.21 Å². The molecule has 1 heterocycles. The second kappa shape index (κ2) is 12.3. The summed E-state index contributed by atoms with van der Waals surface area (Å²) in [7, 11) is -1.61. The van der Waals surface area contributed by atoms with Crippen LogP contribution in [0.4, 0.5) is 5.69 Å². The van der Waals surface area contributed by atoms with E-state index in [1.54, 1.807) is 0 Å². The lowest BCUT2D eigenvalue weighted by molar-refractivity contribution is 0.251. The maximum absolute atomic E-state index is 4.66. The number of nitrogens with zero attached hydrogens (tertiary/aromatic N) is 3. The molecule has 0 radical (unpaired) electrons. The second-order valence-corrected chi connectivity index (χ2v) is 12.2. The van der Waals surface area contributed by atoms with Crippen LogP contribution in [0.1, 0.15) is 18.4 Å². The lowest BCUT2D eigenvalue weighted by Gasteiger charge is -2.35. The van der Waals surface area contributed by atoms with Gasteiger partial charge < -0.3 is 4.90 Å². The fourth-order valence-corrected chi connectivity index (χ4v) is 6.65. The predicted octanol–water partition coefficient (Wildman–Crippen LogP) is 6.29. The Bertz CT molecular complexity index is 1160. The van der Waals surface area contributed by atoms with Crippen LogP contribution in [0.15, 0.2) is 108 Å². The number of hydrogen-bond donors (Lipinski definition) is 0. The number of hydrogen-bond acceptors (Lipinski definition) is 3. The van der Waals surface area contributed by atoms with Gasteiger partial charge in [0.05, 0.1) is 0 Å². The van der Waals surface area contributed by atoms with Crippen molar-refractivity contribution in [3.05, 3.63) is 109 Å². The summed E-state index contributed by atoms with van der Waals surface area (Å²) in [4.78, 5) is 6.31. The lowest BCUT2D eigenvalue weighted by atomic mass is 10.1. The molecule has 0 saturated carbocycles. The smallest absolute Gasteiger partial charge is 0.0399 e. The third-order valence-electron chi connectivity index (χ3n) is 6.65. The summed E-state index contributed by atoms with van der Waals surface area (Å²) in [6.07, 6.45) is 2.22. The Hall–Kier alpha value is -2.79. The van der Waals surface area contributed by atoms with E-state index in [0.717, 1.165) is 58.7 Å². The van der Waals surface area contributed by atoms with Crippen molar-refractivity contribution >= 4 is 26.8 Å². The Labute approximate surface area is 212 Å². The minimum absolute atomic E-state index is 0.819. The molecule has 1 aliphatic rings. The van der Waals surface area contributed by atoms with Crippen molar-refractivity contribution in [1.29, 1.82) is 0 Å². The molecular formula is C31H39N3S. The molecular weight excluding hydrogens is 446 g/mol. The molecule has 4 rings (SSSR count). The van der Waals surface area contributed by atoms with Crippen molar-refractivity contribution in [3.8, 4) is 0 Å².